The van der Waals surface area contributed by atoms with Gasteiger partial charge in [-0.25, -0.2) is 18.2 Å². The number of aliphatic hydroxyl groups is 2. The molecule has 0 saturated heterocycles. The van der Waals surface area contributed by atoms with Crippen LogP contribution in [-0.2, 0) is 16.3 Å². The van der Waals surface area contributed by atoms with Crippen LogP contribution in [0.3, 0.4) is 0 Å². The summed E-state index contributed by atoms with van der Waals surface area (Å²) < 4.78 is 71.4. The fraction of sp³-hybridized carbons (Fsp3) is 0.333. The summed E-state index contributed by atoms with van der Waals surface area (Å²) in [6.45, 7) is -0.954. The molecule has 1 fully saturated rings. The lowest BCUT2D eigenvalue weighted by Gasteiger charge is -2.27. The normalized spacial score (nSPS) is 16.6. The number of aromatic nitrogens is 1. The first-order valence-electron chi connectivity index (χ1n) is 8.31. The Hall–Kier alpha value is -2.30. The van der Waals surface area contributed by atoms with Gasteiger partial charge in [-0.3, -0.25) is 4.79 Å². The van der Waals surface area contributed by atoms with E-state index in [9.17, 15) is 37.0 Å². The Labute approximate surface area is 165 Å². The van der Waals surface area contributed by atoms with E-state index in [2.05, 4.69) is 10.7 Å². The first-order valence-corrected chi connectivity index (χ1v) is 8.69. The van der Waals surface area contributed by atoms with Gasteiger partial charge in [0.2, 0.25) is 0 Å². The summed E-state index contributed by atoms with van der Waals surface area (Å²) in [6, 6.07) is 1.79. The topological polar surface area (TPSA) is 96.4 Å². The summed E-state index contributed by atoms with van der Waals surface area (Å²) in [7, 11) is 0. The molecule has 11 heteroatoms. The Bertz CT molecular complexity index is 1000. The van der Waals surface area contributed by atoms with Gasteiger partial charge >= 0.3 is 5.92 Å². The number of aliphatic hydroxyl groups excluding tert-OH is 1. The van der Waals surface area contributed by atoms with Gasteiger partial charge in [0.1, 0.15) is 22.1 Å². The molecule has 29 heavy (non-hydrogen) atoms. The molecule has 5 nitrogen and oxygen atoms in total. The second kappa shape index (κ2) is 7.19. The lowest BCUT2D eigenvalue weighted by atomic mass is 9.90. The highest BCUT2D eigenvalue weighted by atomic mass is 35.5. The average Bonchev–Trinajstić information content (AvgIpc) is 3.51. The Kier molecular flexibility index (Phi) is 5.31. The van der Waals surface area contributed by atoms with Gasteiger partial charge in [0, 0.05) is 5.56 Å². The van der Waals surface area contributed by atoms with E-state index in [0.29, 0.717) is 31.0 Å². The fourth-order valence-electron chi connectivity index (χ4n) is 2.98. The second-order valence-corrected chi connectivity index (χ2v) is 7.11. The highest BCUT2D eigenvalue weighted by Crippen LogP contribution is 2.47. The van der Waals surface area contributed by atoms with Crippen molar-refractivity contribution in [2.24, 2.45) is 11.7 Å². The van der Waals surface area contributed by atoms with E-state index in [1.807, 2.05) is 0 Å². The number of rotatable bonds is 6. The Morgan fingerprint density at radius 1 is 1.24 bits per heavy atom. The van der Waals surface area contributed by atoms with Gasteiger partial charge in [0.15, 0.2) is 11.6 Å². The summed E-state index contributed by atoms with van der Waals surface area (Å²) in [6.07, 6.45) is 0.841. The van der Waals surface area contributed by atoms with Crippen molar-refractivity contribution in [2.75, 3.05) is 6.61 Å². The van der Waals surface area contributed by atoms with Crippen LogP contribution in [0.15, 0.2) is 18.2 Å². The number of carbonyl (C=O) groups excluding carboxylic acids is 1. The minimum atomic E-state index is -4.54. The predicted molar refractivity (Wildman–Crippen MR) is 91.4 cm³/mol. The molecule has 1 heterocycles. The highest BCUT2D eigenvalue weighted by Gasteiger charge is 2.49. The van der Waals surface area contributed by atoms with Crippen molar-refractivity contribution in [1.82, 2.24) is 4.98 Å². The van der Waals surface area contributed by atoms with Crippen molar-refractivity contribution >= 4 is 17.5 Å². The van der Waals surface area contributed by atoms with E-state index in [1.54, 1.807) is 0 Å². The van der Waals surface area contributed by atoms with E-state index >= 15 is 0 Å². The quantitative estimate of drug-likeness (QED) is 0.479. The number of nitrogens with two attached hydrogens (primary N) is 1. The molecule has 1 aromatic carbocycles. The molecule has 0 spiro atoms. The van der Waals surface area contributed by atoms with Gasteiger partial charge in [0.25, 0.3) is 5.91 Å². The molecule has 0 unspecified atom stereocenters. The van der Waals surface area contributed by atoms with Crippen LogP contribution in [-0.4, -0.2) is 27.7 Å². The summed E-state index contributed by atoms with van der Waals surface area (Å²) in [5.74, 6) is -11.8. The third-order valence-corrected chi connectivity index (χ3v) is 5.18. The van der Waals surface area contributed by atoms with Crippen molar-refractivity contribution in [2.45, 2.75) is 24.4 Å². The van der Waals surface area contributed by atoms with E-state index < -0.39 is 74.9 Å². The van der Waals surface area contributed by atoms with E-state index in [4.69, 9.17) is 11.6 Å². The molecule has 1 aromatic heterocycles. The van der Waals surface area contributed by atoms with Crippen LogP contribution in [0.1, 0.15) is 24.1 Å². The van der Waals surface area contributed by atoms with Crippen molar-refractivity contribution in [1.29, 1.82) is 0 Å². The summed E-state index contributed by atoms with van der Waals surface area (Å²) in [5, 5.41) is 19.3. The number of halogens is 6. The molecule has 3 rings (SSSR count). The number of hydrogen-bond acceptors (Lipinski definition) is 4. The standard InChI is InChI=1S/C18H14ClF5N2O3/c19-12-10(20)4-3-8(13(12)21)15-14(22)9(18(23,24)16(25)28)5-11(26-15)17(29,6-27)7-1-2-7/h3-5,7,27,29H,1-2,6H2,(H2,25,28)/t17-/m1/s1. The monoisotopic (exact) mass is 436 g/mol. The lowest BCUT2D eigenvalue weighted by Crippen LogP contribution is -2.37. The fourth-order valence-corrected chi connectivity index (χ4v) is 3.14. The zero-order valence-corrected chi connectivity index (χ0v) is 15.3. The highest BCUT2D eigenvalue weighted by molar-refractivity contribution is 6.31. The zero-order valence-electron chi connectivity index (χ0n) is 14.5. The van der Waals surface area contributed by atoms with E-state index in [0.717, 1.165) is 0 Å². The SMILES string of the molecule is NC(=O)C(F)(F)c1cc([C@@](O)(CO)C2CC2)nc(-c2ccc(F)c(Cl)c2F)c1F. The molecule has 1 saturated carbocycles. The zero-order chi connectivity index (χ0) is 21.7. The molecule has 0 bridgehead atoms. The maximum atomic E-state index is 14.9. The van der Waals surface area contributed by atoms with Gasteiger partial charge in [-0.1, -0.05) is 11.6 Å². The van der Waals surface area contributed by atoms with Crippen LogP contribution in [0.2, 0.25) is 5.02 Å². The molecular weight excluding hydrogens is 423 g/mol. The predicted octanol–water partition coefficient (Wildman–Crippen LogP) is 2.99. The number of benzene rings is 1. The van der Waals surface area contributed by atoms with Crippen molar-refractivity contribution in [3.63, 3.8) is 0 Å². The number of nitrogens with zero attached hydrogens (tertiary/aromatic N) is 1. The molecular formula is C18H14ClF5N2O3. The summed E-state index contributed by atoms with van der Waals surface area (Å²) >= 11 is 5.47. The van der Waals surface area contributed by atoms with Crippen LogP contribution in [0, 0.1) is 23.4 Å². The van der Waals surface area contributed by atoms with Crippen molar-refractivity contribution < 1.29 is 37.0 Å². The van der Waals surface area contributed by atoms with Gasteiger partial charge in [-0.05, 0) is 37.0 Å². The number of hydrogen-bond donors (Lipinski definition) is 3. The van der Waals surface area contributed by atoms with Crippen molar-refractivity contribution in [3.8, 4) is 11.3 Å². The summed E-state index contributed by atoms with van der Waals surface area (Å²) in [4.78, 5) is 14.9. The Balaban J connectivity index is 2.35. The first-order chi connectivity index (χ1) is 13.4. The molecule has 1 aliphatic rings. The van der Waals surface area contributed by atoms with Crippen LogP contribution >= 0.6 is 11.6 Å². The number of amides is 1. The Morgan fingerprint density at radius 3 is 2.38 bits per heavy atom. The van der Waals surface area contributed by atoms with Crippen LogP contribution in [0.4, 0.5) is 22.0 Å². The molecule has 1 aliphatic carbocycles. The molecule has 1 atom stereocenters. The molecule has 156 valence electrons. The van der Waals surface area contributed by atoms with Gasteiger partial charge in [-0.15, -0.1) is 0 Å². The smallest absolute Gasteiger partial charge is 0.352 e. The van der Waals surface area contributed by atoms with Crippen LogP contribution in [0.5, 0.6) is 0 Å². The lowest BCUT2D eigenvalue weighted by molar-refractivity contribution is -0.143. The van der Waals surface area contributed by atoms with Gasteiger partial charge in [0.05, 0.1) is 17.9 Å². The molecule has 2 aromatic rings. The molecule has 0 radical (unpaired) electrons. The van der Waals surface area contributed by atoms with Crippen LogP contribution < -0.4 is 5.73 Å². The number of primary amides is 1. The molecule has 4 N–H and O–H groups in total. The minimum absolute atomic E-state index is 0.404. The average molecular weight is 437 g/mol. The second-order valence-electron chi connectivity index (χ2n) is 6.74. The maximum absolute atomic E-state index is 14.9. The number of carbonyl (C=O) groups is 1. The van der Waals surface area contributed by atoms with Gasteiger partial charge < -0.3 is 15.9 Å². The molecule has 1 amide bonds. The third-order valence-electron chi connectivity index (χ3n) is 4.83. The first kappa shape index (κ1) is 21.4. The van der Waals surface area contributed by atoms with Crippen molar-refractivity contribution in [3.05, 3.63) is 51.9 Å². The summed E-state index contributed by atoms with van der Waals surface area (Å²) in [5.41, 5.74) is -1.51. The van der Waals surface area contributed by atoms with Gasteiger partial charge in [-0.2, -0.15) is 8.78 Å². The van der Waals surface area contributed by atoms with Crippen LogP contribution in [0.25, 0.3) is 11.3 Å². The largest absolute Gasteiger partial charge is 0.393 e. The Morgan fingerprint density at radius 2 is 1.86 bits per heavy atom. The minimum Gasteiger partial charge on any atom is -0.393 e. The van der Waals surface area contributed by atoms with E-state index in [-0.39, 0.29) is 0 Å². The molecule has 0 aliphatic heterocycles. The van der Waals surface area contributed by atoms with E-state index in [1.165, 1.54) is 0 Å². The third kappa shape index (κ3) is 3.45. The number of alkyl halides is 2. The maximum Gasteiger partial charge on any atom is 0.352 e. The number of pyridine rings is 1.